The fourth-order valence-corrected chi connectivity index (χ4v) is 9.17. The first-order valence-corrected chi connectivity index (χ1v) is 13.7. The Kier molecular flexibility index (Phi) is 7.39. The van der Waals surface area contributed by atoms with Gasteiger partial charge in [0.1, 0.15) is 17.3 Å². The van der Waals surface area contributed by atoms with E-state index in [-0.39, 0.29) is 41.5 Å². The molecular formula is C29H50O5. The van der Waals surface area contributed by atoms with Gasteiger partial charge >= 0.3 is 0 Å². The van der Waals surface area contributed by atoms with Gasteiger partial charge in [-0.15, -0.1) is 0 Å². The largest absolute Gasteiger partial charge is 0.381 e. The van der Waals surface area contributed by atoms with Crippen LogP contribution in [0, 0.1) is 35.0 Å². The Labute approximate surface area is 208 Å². The average molecular weight is 479 g/mol. The van der Waals surface area contributed by atoms with Crippen LogP contribution in [0.1, 0.15) is 74.1 Å². The molecule has 4 fully saturated rings. The van der Waals surface area contributed by atoms with Gasteiger partial charge in [0.05, 0.1) is 24.4 Å². The lowest BCUT2D eigenvalue weighted by molar-refractivity contribution is -0.501. The average Bonchev–Trinajstić information content (AvgIpc) is 3.11. The van der Waals surface area contributed by atoms with Crippen LogP contribution in [0.3, 0.4) is 0 Å². The van der Waals surface area contributed by atoms with Gasteiger partial charge in [-0.25, -0.2) is 0 Å². The SMILES string of the molecule is C/C=C\C(C)(C)C(OC)C1C[C@@H](C)[C@@]23OC(C)C2OC32C(C[C@H](C(CCC)OC)[C@@H]2OC)C1C. The van der Waals surface area contributed by atoms with Crippen molar-refractivity contribution in [2.24, 2.45) is 35.0 Å². The molecule has 4 rings (SSSR count). The molecule has 2 saturated carbocycles. The highest BCUT2D eigenvalue weighted by atomic mass is 16.7. The topological polar surface area (TPSA) is 46.2 Å². The summed E-state index contributed by atoms with van der Waals surface area (Å²) >= 11 is 0. The van der Waals surface area contributed by atoms with Gasteiger partial charge < -0.3 is 23.7 Å². The van der Waals surface area contributed by atoms with Crippen molar-refractivity contribution < 1.29 is 23.7 Å². The van der Waals surface area contributed by atoms with Crippen LogP contribution in [0.15, 0.2) is 12.2 Å². The molecule has 8 unspecified atom stereocenters. The molecule has 5 nitrogen and oxygen atoms in total. The summed E-state index contributed by atoms with van der Waals surface area (Å²) in [4.78, 5) is 0. The summed E-state index contributed by atoms with van der Waals surface area (Å²) < 4.78 is 32.6. The molecule has 0 N–H and O–H groups in total. The zero-order valence-electron chi connectivity index (χ0n) is 23.3. The third-order valence-corrected chi connectivity index (χ3v) is 10.3. The third-order valence-electron chi connectivity index (χ3n) is 10.3. The number of hydrogen-bond donors (Lipinski definition) is 0. The standard InChI is InChI=1S/C29H50O5/c1-11-13-23(30-8)21-16-22-18(4)20(25(31-9)27(6,7)14-12-2)15-17(3)28-24(19(5)33-28)34-29(22,28)26(21)32-10/h12,14,17-26H,11,13,15-16H2,1-10H3/b14-12-/t17-,18?,19?,20?,21-,22?,23?,24?,25?,26+,28-,29?/m1/s1. The smallest absolute Gasteiger partial charge is 0.131 e. The molecule has 0 amide bonds. The Morgan fingerprint density at radius 3 is 2.21 bits per heavy atom. The number of rotatable bonds is 9. The Hall–Kier alpha value is -0.460. The van der Waals surface area contributed by atoms with Crippen molar-refractivity contribution in [3.63, 3.8) is 0 Å². The van der Waals surface area contributed by atoms with Crippen molar-refractivity contribution in [3.8, 4) is 0 Å². The van der Waals surface area contributed by atoms with Gasteiger partial charge in [-0.2, -0.15) is 0 Å². The van der Waals surface area contributed by atoms with Crippen molar-refractivity contribution in [2.75, 3.05) is 21.3 Å². The molecule has 0 aromatic heterocycles. The molecule has 196 valence electrons. The number of methoxy groups -OCH3 is 3. The molecule has 2 heterocycles. The van der Waals surface area contributed by atoms with Crippen molar-refractivity contribution in [3.05, 3.63) is 12.2 Å². The molecule has 0 aromatic carbocycles. The first-order valence-electron chi connectivity index (χ1n) is 13.7. The van der Waals surface area contributed by atoms with E-state index >= 15 is 0 Å². The number of ether oxygens (including phenoxy) is 5. The van der Waals surface area contributed by atoms with Crippen LogP contribution in [0.2, 0.25) is 0 Å². The maximum atomic E-state index is 7.02. The van der Waals surface area contributed by atoms with E-state index in [2.05, 4.69) is 60.6 Å². The van der Waals surface area contributed by atoms with E-state index in [1.165, 1.54) is 0 Å². The monoisotopic (exact) mass is 478 g/mol. The summed E-state index contributed by atoms with van der Waals surface area (Å²) in [5, 5.41) is 0. The van der Waals surface area contributed by atoms with Crippen LogP contribution in [0.4, 0.5) is 0 Å². The molecule has 2 spiro atoms. The minimum absolute atomic E-state index is 0.0223. The van der Waals surface area contributed by atoms with E-state index in [0.29, 0.717) is 29.6 Å². The summed E-state index contributed by atoms with van der Waals surface area (Å²) in [7, 11) is 5.61. The van der Waals surface area contributed by atoms with Crippen LogP contribution >= 0.6 is 0 Å². The molecule has 2 saturated heterocycles. The second-order valence-electron chi connectivity index (χ2n) is 12.3. The first-order chi connectivity index (χ1) is 16.1. The normalized spacial score (nSPS) is 47.7. The Morgan fingerprint density at radius 2 is 1.71 bits per heavy atom. The van der Waals surface area contributed by atoms with Gasteiger partial charge in [-0.1, -0.05) is 53.2 Å². The van der Waals surface area contributed by atoms with Crippen LogP contribution in [0.5, 0.6) is 0 Å². The molecule has 0 radical (unpaired) electrons. The molecule has 0 bridgehead atoms. The quantitative estimate of drug-likeness (QED) is 0.400. The van der Waals surface area contributed by atoms with Gasteiger partial charge in [-0.3, -0.25) is 0 Å². The van der Waals surface area contributed by atoms with Crippen LogP contribution in [-0.4, -0.2) is 63.1 Å². The predicted octanol–water partition coefficient (Wildman–Crippen LogP) is 5.66. The van der Waals surface area contributed by atoms with Crippen molar-refractivity contribution >= 4 is 0 Å². The van der Waals surface area contributed by atoms with Crippen molar-refractivity contribution in [2.45, 2.75) is 116 Å². The van der Waals surface area contributed by atoms with Gasteiger partial charge in [0.25, 0.3) is 0 Å². The van der Waals surface area contributed by atoms with Gasteiger partial charge in [-0.05, 0) is 56.8 Å². The van der Waals surface area contributed by atoms with Crippen LogP contribution in [-0.2, 0) is 23.7 Å². The third kappa shape index (κ3) is 3.36. The van der Waals surface area contributed by atoms with E-state index < -0.39 is 5.60 Å². The van der Waals surface area contributed by atoms with E-state index in [1.54, 1.807) is 0 Å². The summed E-state index contributed by atoms with van der Waals surface area (Å²) in [5.74, 6) is 1.83. The van der Waals surface area contributed by atoms with Gasteiger partial charge in [0.2, 0.25) is 0 Å². The Balaban J connectivity index is 1.80. The zero-order valence-corrected chi connectivity index (χ0v) is 23.3. The molecule has 2 aliphatic carbocycles. The lowest BCUT2D eigenvalue weighted by atomic mass is 9.56. The number of allylic oxidation sites excluding steroid dienone is 1. The fraction of sp³-hybridized carbons (Fsp3) is 0.931. The zero-order chi connectivity index (χ0) is 25.1. The molecular weight excluding hydrogens is 428 g/mol. The molecule has 5 heteroatoms. The molecule has 0 aromatic rings. The maximum absolute atomic E-state index is 7.02. The highest BCUT2D eigenvalue weighted by Gasteiger charge is 2.86. The summed E-state index contributed by atoms with van der Waals surface area (Å²) in [6, 6.07) is 0. The predicted molar refractivity (Wildman–Crippen MR) is 135 cm³/mol. The van der Waals surface area contributed by atoms with E-state index in [9.17, 15) is 0 Å². The van der Waals surface area contributed by atoms with E-state index in [0.717, 1.165) is 25.7 Å². The highest BCUT2D eigenvalue weighted by molar-refractivity contribution is 5.33. The van der Waals surface area contributed by atoms with Gasteiger partial charge in [0, 0.05) is 32.7 Å². The second-order valence-corrected chi connectivity index (χ2v) is 12.3. The molecule has 2 aliphatic heterocycles. The Bertz CT molecular complexity index is 751. The van der Waals surface area contributed by atoms with E-state index in [4.69, 9.17) is 23.7 Å². The maximum Gasteiger partial charge on any atom is 0.131 e. The lowest BCUT2D eigenvalue weighted by Crippen LogP contribution is -2.91. The molecule has 34 heavy (non-hydrogen) atoms. The molecule has 12 atom stereocenters. The summed E-state index contributed by atoms with van der Waals surface area (Å²) in [6.07, 6.45) is 9.32. The number of hydrogen-bond acceptors (Lipinski definition) is 5. The summed E-state index contributed by atoms with van der Waals surface area (Å²) in [6.45, 7) is 16.0. The van der Waals surface area contributed by atoms with Crippen molar-refractivity contribution in [1.29, 1.82) is 0 Å². The summed E-state index contributed by atoms with van der Waals surface area (Å²) in [5.41, 5.74) is -0.742. The van der Waals surface area contributed by atoms with Crippen LogP contribution in [0.25, 0.3) is 0 Å². The minimum Gasteiger partial charge on any atom is -0.381 e. The fourth-order valence-electron chi connectivity index (χ4n) is 9.17. The van der Waals surface area contributed by atoms with Crippen LogP contribution < -0.4 is 0 Å². The second kappa shape index (κ2) is 9.45. The minimum atomic E-state index is -0.412. The highest BCUT2D eigenvalue weighted by Crippen LogP contribution is 2.72. The molecule has 4 aliphatic rings. The Morgan fingerprint density at radius 1 is 1.00 bits per heavy atom. The first kappa shape index (κ1) is 26.6. The van der Waals surface area contributed by atoms with E-state index in [1.807, 2.05) is 21.3 Å². The lowest BCUT2D eigenvalue weighted by Gasteiger charge is -2.75. The van der Waals surface area contributed by atoms with Gasteiger partial charge in [0.15, 0.2) is 0 Å². The van der Waals surface area contributed by atoms with Crippen molar-refractivity contribution in [1.82, 2.24) is 0 Å².